The van der Waals surface area contributed by atoms with Gasteiger partial charge in [0, 0.05) is 18.2 Å². The maximum atomic E-state index is 12.5. The van der Waals surface area contributed by atoms with Crippen molar-refractivity contribution in [1.29, 1.82) is 0 Å². The molecule has 0 aromatic carbocycles. The van der Waals surface area contributed by atoms with E-state index in [0.29, 0.717) is 11.8 Å². The first-order valence-corrected chi connectivity index (χ1v) is 6.74. The molecule has 1 unspecified atom stereocenters. The summed E-state index contributed by atoms with van der Waals surface area (Å²) in [5, 5.41) is 3.24. The maximum Gasteiger partial charge on any atom is 0.453 e. The summed E-state index contributed by atoms with van der Waals surface area (Å²) in [5.74, 6) is -3.40. The first-order chi connectivity index (χ1) is 7.83. The molecule has 0 bridgehead atoms. The lowest BCUT2D eigenvalue weighted by atomic mass is 10.2. The Balaban J connectivity index is 2.07. The van der Waals surface area contributed by atoms with Crippen molar-refractivity contribution >= 4 is 11.8 Å². The summed E-state index contributed by atoms with van der Waals surface area (Å²) in [6.45, 7) is 0.970. The smallest absolute Gasteiger partial charge is 0.313 e. The molecule has 1 rings (SSSR count). The van der Waals surface area contributed by atoms with Gasteiger partial charge in [-0.2, -0.15) is 33.7 Å². The Kier molecular flexibility index (Phi) is 5.50. The fourth-order valence-corrected chi connectivity index (χ4v) is 2.75. The number of nitrogens with one attached hydrogen (secondary N) is 1. The molecular formula is C10H16F5NS. The number of thioether (sulfide) groups is 1. The van der Waals surface area contributed by atoms with Crippen LogP contribution in [0.25, 0.3) is 0 Å². The Morgan fingerprint density at radius 1 is 1.18 bits per heavy atom. The predicted molar refractivity (Wildman–Crippen MR) is 58.6 cm³/mol. The van der Waals surface area contributed by atoms with Gasteiger partial charge in [0.25, 0.3) is 0 Å². The Labute approximate surface area is 102 Å². The minimum atomic E-state index is -5.41. The van der Waals surface area contributed by atoms with E-state index in [9.17, 15) is 22.0 Å². The van der Waals surface area contributed by atoms with Gasteiger partial charge < -0.3 is 5.32 Å². The standard InChI is InChI=1S/C10H16F5NS/c11-9(12,10(13,14)15)4-2-6-17-7-8-3-1-5-16-8/h8,16H,1-7H2. The molecular weight excluding hydrogens is 261 g/mol. The van der Waals surface area contributed by atoms with Gasteiger partial charge in [0.2, 0.25) is 0 Å². The van der Waals surface area contributed by atoms with Crippen molar-refractivity contribution in [3.8, 4) is 0 Å². The number of rotatable bonds is 6. The first kappa shape index (κ1) is 15.0. The molecule has 0 radical (unpaired) electrons. The highest BCUT2D eigenvalue weighted by atomic mass is 32.2. The van der Waals surface area contributed by atoms with Crippen LogP contribution < -0.4 is 5.32 Å². The third kappa shape index (κ3) is 4.99. The summed E-state index contributed by atoms with van der Waals surface area (Å²) in [7, 11) is 0. The molecule has 1 saturated heterocycles. The molecule has 1 atom stereocenters. The van der Waals surface area contributed by atoms with E-state index in [1.54, 1.807) is 0 Å². The van der Waals surface area contributed by atoms with Gasteiger partial charge >= 0.3 is 12.1 Å². The Hall–Kier alpha value is -0.0400. The predicted octanol–water partition coefficient (Wildman–Crippen LogP) is 3.45. The Morgan fingerprint density at radius 2 is 1.88 bits per heavy atom. The minimum absolute atomic E-state index is 0.107. The third-order valence-corrected chi connectivity index (χ3v) is 3.89. The van der Waals surface area contributed by atoms with E-state index in [2.05, 4.69) is 5.32 Å². The zero-order valence-corrected chi connectivity index (χ0v) is 10.1. The van der Waals surface area contributed by atoms with Crippen LogP contribution in [0.2, 0.25) is 0 Å². The molecule has 1 N–H and O–H groups in total. The van der Waals surface area contributed by atoms with Crippen LogP contribution in [0.15, 0.2) is 0 Å². The van der Waals surface area contributed by atoms with Crippen LogP contribution in [0.5, 0.6) is 0 Å². The fourth-order valence-electron chi connectivity index (χ4n) is 1.66. The molecule has 0 saturated carbocycles. The van der Waals surface area contributed by atoms with Crippen LogP contribution in [0, 0.1) is 0 Å². The highest BCUT2D eigenvalue weighted by Crippen LogP contribution is 2.39. The molecule has 1 aliphatic rings. The van der Waals surface area contributed by atoms with Gasteiger partial charge in [-0.05, 0) is 31.6 Å². The average Bonchev–Trinajstić information content (AvgIpc) is 2.68. The molecule has 102 valence electrons. The summed E-state index contributed by atoms with van der Waals surface area (Å²) >= 11 is 1.44. The largest absolute Gasteiger partial charge is 0.453 e. The molecule has 1 aliphatic heterocycles. The van der Waals surface area contributed by atoms with Crippen molar-refractivity contribution in [2.75, 3.05) is 18.1 Å². The second-order valence-corrected chi connectivity index (χ2v) is 5.32. The number of hydrogen-bond donors (Lipinski definition) is 1. The zero-order valence-electron chi connectivity index (χ0n) is 9.33. The topological polar surface area (TPSA) is 12.0 Å². The fraction of sp³-hybridized carbons (Fsp3) is 1.00. The molecule has 0 aromatic heterocycles. The normalized spacial score (nSPS) is 22.1. The van der Waals surface area contributed by atoms with Crippen molar-refractivity contribution in [2.45, 2.75) is 43.8 Å². The highest BCUT2D eigenvalue weighted by Gasteiger charge is 2.56. The van der Waals surface area contributed by atoms with Gasteiger partial charge in [-0.3, -0.25) is 0 Å². The minimum Gasteiger partial charge on any atom is -0.313 e. The molecule has 0 amide bonds. The third-order valence-electron chi connectivity index (χ3n) is 2.68. The summed E-state index contributed by atoms with van der Waals surface area (Å²) in [4.78, 5) is 0. The Morgan fingerprint density at radius 3 is 2.41 bits per heavy atom. The number of hydrogen-bond acceptors (Lipinski definition) is 2. The van der Waals surface area contributed by atoms with E-state index < -0.39 is 18.5 Å². The summed E-state index contributed by atoms with van der Waals surface area (Å²) < 4.78 is 60.5. The van der Waals surface area contributed by atoms with Crippen LogP contribution in [-0.2, 0) is 0 Å². The maximum absolute atomic E-state index is 12.5. The summed E-state index contributed by atoms with van der Waals surface area (Å²) in [6, 6.07) is 0.392. The van der Waals surface area contributed by atoms with E-state index in [0.717, 1.165) is 25.1 Å². The molecule has 0 aliphatic carbocycles. The van der Waals surface area contributed by atoms with Crippen molar-refractivity contribution in [2.24, 2.45) is 0 Å². The van der Waals surface area contributed by atoms with Crippen LogP contribution in [0.4, 0.5) is 22.0 Å². The highest BCUT2D eigenvalue weighted by molar-refractivity contribution is 7.99. The number of halogens is 5. The van der Waals surface area contributed by atoms with Gasteiger partial charge in [-0.1, -0.05) is 0 Å². The van der Waals surface area contributed by atoms with Gasteiger partial charge in [0.15, 0.2) is 0 Å². The molecule has 7 heteroatoms. The lowest BCUT2D eigenvalue weighted by molar-refractivity contribution is -0.284. The lowest BCUT2D eigenvalue weighted by Crippen LogP contribution is -2.36. The monoisotopic (exact) mass is 277 g/mol. The molecule has 17 heavy (non-hydrogen) atoms. The van der Waals surface area contributed by atoms with Gasteiger partial charge in [0.05, 0.1) is 0 Å². The van der Waals surface area contributed by atoms with Crippen molar-refractivity contribution < 1.29 is 22.0 Å². The second kappa shape index (κ2) is 6.22. The van der Waals surface area contributed by atoms with E-state index in [1.807, 2.05) is 0 Å². The van der Waals surface area contributed by atoms with Crippen LogP contribution in [-0.4, -0.2) is 36.2 Å². The first-order valence-electron chi connectivity index (χ1n) is 5.58. The van der Waals surface area contributed by atoms with Crippen molar-refractivity contribution in [3.63, 3.8) is 0 Å². The van der Waals surface area contributed by atoms with Gasteiger partial charge in [-0.15, -0.1) is 0 Å². The Bertz CT molecular complexity index is 225. The summed E-state index contributed by atoms with van der Waals surface area (Å²) in [5.41, 5.74) is 0. The average molecular weight is 277 g/mol. The molecule has 0 aromatic rings. The van der Waals surface area contributed by atoms with E-state index in [-0.39, 0.29) is 6.42 Å². The van der Waals surface area contributed by atoms with Gasteiger partial charge in [-0.25, -0.2) is 0 Å². The van der Waals surface area contributed by atoms with Crippen molar-refractivity contribution in [3.05, 3.63) is 0 Å². The zero-order chi connectivity index (χ0) is 12.9. The van der Waals surface area contributed by atoms with Crippen LogP contribution in [0.1, 0.15) is 25.7 Å². The molecule has 1 fully saturated rings. The number of alkyl halides is 5. The molecule has 1 heterocycles. The van der Waals surface area contributed by atoms with E-state index >= 15 is 0 Å². The summed E-state index contributed by atoms with van der Waals surface area (Å²) in [6.07, 6.45) is -4.46. The van der Waals surface area contributed by atoms with Crippen LogP contribution >= 0.6 is 11.8 Å². The lowest BCUT2D eigenvalue weighted by Gasteiger charge is -2.19. The second-order valence-electron chi connectivity index (χ2n) is 4.17. The van der Waals surface area contributed by atoms with Crippen LogP contribution in [0.3, 0.4) is 0 Å². The quantitative estimate of drug-likeness (QED) is 0.589. The molecule has 1 nitrogen and oxygen atoms in total. The molecule has 0 spiro atoms. The van der Waals surface area contributed by atoms with E-state index in [1.165, 1.54) is 11.8 Å². The van der Waals surface area contributed by atoms with E-state index in [4.69, 9.17) is 0 Å². The SMILES string of the molecule is FC(F)(F)C(F)(F)CCCSCC1CCCN1. The van der Waals surface area contributed by atoms with Crippen molar-refractivity contribution in [1.82, 2.24) is 5.32 Å². The van der Waals surface area contributed by atoms with Gasteiger partial charge in [0.1, 0.15) is 0 Å².